The fourth-order valence-corrected chi connectivity index (χ4v) is 6.72. The van der Waals surface area contributed by atoms with Crippen LogP contribution in [0.15, 0.2) is 49.1 Å². The van der Waals surface area contributed by atoms with Gasteiger partial charge in [0.25, 0.3) is 0 Å². The maximum atomic E-state index is 14.5. The number of pyridine rings is 1. The number of amides is 1. The Hall–Kier alpha value is -3.79. The Labute approximate surface area is 271 Å². The van der Waals surface area contributed by atoms with Crippen LogP contribution in [0.4, 0.5) is 15.0 Å². The van der Waals surface area contributed by atoms with Crippen LogP contribution in [0.3, 0.4) is 0 Å². The number of ether oxygens (including phenoxy) is 2. The monoisotopic (exact) mass is 630 g/mol. The van der Waals surface area contributed by atoms with E-state index in [2.05, 4.69) is 30.1 Å². The van der Waals surface area contributed by atoms with E-state index in [4.69, 9.17) is 9.47 Å². The number of nitrogens with zero attached hydrogens (tertiary/aromatic N) is 5. The van der Waals surface area contributed by atoms with Crippen LogP contribution in [0.5, 0.6) is 11.5 Å². The molecule has 46 heavy (non-hydrogen) atoms. The smallest absolute Gasteiger partial charge is 0.407 e. The number of carbonyl (C=O) groups is 1. The lowest BCUT2D eigenvalue weighted by atomic mass is 9.83. The third-order valence-electron chi connectivity index (χ3n) is 9.24. The van der Waals surface area contributed by atoms with Crippen molar-refractivity contribution in [3.05, 3.63) is 60.6 Å². The first-order valence-electron chi connectivity index (χ1n) is 16.9. The van der Waals surface area contributed by atoms with Gasteiger partial charge in [0, 0.05) is 55.5 Å². The zero-order valence-electron chi connectivity index (χ0n) is 27.4. The third kappa shape index (κ3) is 8.51. The number of anilines is 1. The Morgan fingerprint density at radius 3 is 2.50 bits per heavy atom. The van der Waals surface area contributed by atoms with Crippen LogP contribution in [0.25, 0.3) is 11.1 Å². The van der Waals surface area contributed by atoms with E-state index in [0.29, 0.717) is 23.0 Å². The number of piperazine rings is 1. The van der Waals surface area contributed by atoms with Crippen molar-refractivity contribution in [1.82, 2.24) is 25.2 Å². The highest BCUT2D eigenvalue weighted by atomic mass is 19.1. The molecular formula is C36H47FN6O3. The molecule has 1 amide bonds. The van der Waals surface area contributed by atoms with Crippen LogP contribution < -0.4 is 15.0 Å². The first-order chi connectivity index (χ1) is 22.2. The van der Waals surface area contributed by atoms with E-state index in [9.17, 15) is 9.18 Å². The lowest BCUT2D eigenvalue weighted by molar-refractivity contribution is 0.0486. The number of alkyl carbamates (subject to hydrolysis) is 1. The summed E-state index contributed by atoms with van der Waals surface area (Å²) in [5.41, 5.74) is 2.15. The highest BCUT2D eigenvalue weighted by Gasteiger charge is 2.29. The zero-order valence-corrected chi connectivity index (χ0v) is 27.4. The molecule has 6 rings (SSSR count). The molecule has 1 N–H and O–H groups in total. The minimum absolute atomic E-state index is 0.222. The Morgan fingerprint density at radius 2 is 1.76 bits per heavy atom. The Morgan fingerprint density at radius 1 is 0.978 bits per heavy atom. The summed E-state index contributed by atoms with van der Waals surface area (Å²) in [4.78, 5) is 30.4. The second kappa shape index (κ2) is 14.3. The molecule has 0 radical (unpaired) electrons. The zero-order chi connectivity index (χ0) is 32.1. The summed E-state index contributed by atoms with van der Waals surface area (Å²) in [5, 5.41) is 3.05. The largest absolute Gasteiger partial charge is 0.451 e. The Balaban J connectivity index is 0.993. The molecular weight excluding hydrogens is 583 g/mol. The van der Waals surface area contributed by atoms with Crippen LogP contribution in [0.2, 0.25) is 0 Å². The summed E-state index contributed by atoms with van der Waals surface area (Å²) < 4.78 is 26.4. The van der Waals surface area contributed by atoms with Crippen LogP contribution >= 0.6 is 0 Å². The fraction of sp³-hybridized carbons (Fsp3) is 0.556. The van der Waals surface area contributed by atoms with Crippen molar-refractivity contribution in [2.24, 2.45) is 5.92 Å². The van der Waals surface area contributed by atoms with Crippen molar-refractivity contribution in [3.8, 4) is 22.6 Å². The molecule has 1 aliphatic heterocycles. The topological polar surface area (TPSA) is 92.7 Å². The number of halogens is 1. The average molecular weight is 631 g/mol. The van der Waals surface area contributed by atoms with Crippen molar-refractivity contribution in [1.29, 1.82) is 0 Å². The molecule has 0 bridgehead atoms. The SMILES string of the molecule is CC(C)(C)OC(=O)NC1CCC(CCCN2CCN(c3ncncc3Oc3ccc(F)cc3-c3cccnc3C3CC3)CC2)CC1. The maximum Gasteiger partial charge on any atom is 0.407 e. The normalized spacial score (nSPS) is 20.7. The number of aromatic nitrogens is 3. The standard InChI is InChI=1S/C36H47FN6O3/c1-36(2,3)46-35(44)41-28-13-8-25(9-14-28)6-5-17-42-18-20-43(21-19-42)34-32(23-38-24-40-34)45-31-15-12-27(37)22-30(31)29-7-4-16-39-33(29)26-10-11-26/h4,7,12,15-16,22-26,28H,5-6,8-11,13-14,17-21H2,1-3H3,(H,41,44). The predicted molar refractivity (Wildman–Crippen MR) is 177 cm³/mol. The number of benzene rings is 1. The van der Waals surface area contributed by atoms with Gasteiger partial charge in [-0.2, -0.15) is 0 Å². The molecule has 3 fully saturated rings. The maximum absolute atomic E-state index is 14.5. The first kappa shape index (κ1) is 32.2. The van der Waals surface area contributed by atoms with Gasteiger partial charge in [0.2, 0.25) is 0 Å². The molecule has 3 aromatic rings. The lowest BCUT2D eigenvalue weighted by Gasteiger charge is -2.36. The van der Waals surface area contributed by atoms with Gasteiger partial charge in [0.05, 0.1) is 11.9 Å². The van der Waals surface area contributed by atoms with Gasteiger partial charge in [-0.05, 0) is 109 Å². The van der Waals surface area contributed by atoms with Gasteiger partial charge in [-0.15, -0.1) is 0 Å². The van der Waals surface area contributed by atoms with E-state index in [1.165, 1.54) is 25.0 Å². The summed E-state index contributed by atoms with van der Waals surface area (Å²) in [6.45, 7) is 10.4. The second-order valence-corrected chi connectivity index (χ2v) is 14.0. The minimum Gasteiger partial charge on any atom is -0.451 e. The molecule has 2 aromatic heterocycles. The van der Waals surface area contributed by atoms with Crippen LogP contribution in [0.1, 0.15) is 83.7 Å². The first-order valence-corrected chi connectivity index (χ1v) is 16.9. The molecule has 3 heterocycles. The van der Waals surface area contributed by atoms with Crippen molar-refractivity contribution in [2.45, 2.75) is 89.7 Å². The third-order valence-corrected chi connectivity index (χ3v) is 9.24. The number of carbonyl (C=O) groups excluding carboxylic acids is 1. The number of hydrogen-bond donors (Lipinski definition) is 1. The molecule has 0 spiro atoms. The molecule has 2 saturated carbocycles. The summed E-state index contributed by atoms with van der Waals surface area (Å²) in [6.07, 6.45) is 13.7. The summed E-state index contributed by atoms with van der Waals surface area (Å²) >= 11 is 0. The van der Waals surface area contributed by atoms with Gasteiger partial charge >= 0.3 is 6.09 Å². The Bertz CT molecular complexity index is 1480. The molecule has 246 valence electrons. The molecule has 0 unspecified atom stereocenters. The second-order valence-electron chi connectivity index (χ2n) is 14.0. The lowest BCUT2D eigenvalue weighted by Crippen LogP contribution is -2.47. The van der Waals surface area contributed by atoms with Gasteiger partial charge in [0.15, 0.2) is 11.6 Å². The number of hydrogen-bond acceptors (Lipinski definition) is 8. The van der Waals surface area contributed by atoms with E-state index in [1.54, 1.807) is 24.8 Å². The van der Waals surface area contributed by atoms with E-state index >= 15 is 0 Å². The highest BCUT2D eigenvalue weighted by molar-refractivity contribution is 5.74. The molecule has 1 saturated heterocycles. The van der Waals surface area contributed by atoms with Crippen molar-refractivity contribution in [3.63, 3.8) is 0 Å². The van der Waals surface area contributed by atoms with Crippen LogP contribution in [0, 0.1) is 11.7 Å². The average Bonchev–Trinajstić information content (AvgIpc) is 3.88. The summed E-state index contributed by atoms with van der Waals surface area (Å²) in [5.74, 6) is 2.73. The van der Waals surface area contributed by atoms with E-state index in [1.807, 2.05) is 32.9 Å². The van der Waals surface area contributed by atoms with Gasteiger partial charge in [-0.1, -0.05) is 6.07 Å². The number of nitrogens with one attached hydrogen (secondary N) is 1. The Kier molecular flexibility index (Phi) is 10.0. The molecule has 2 aliphatic carbocycles. The fourth-order valence-electron chi connectivity index (χ4n) is 6.72. The van der Waals surface area contributed by atoms with Gasteiger partial charge in [-0.3, -0.25) is 9.88 Å². The van der Waals surface area contributed by atoms with Crippen LogP contribution in [-0.2, 0) is 4.74 Å². The summed E-state index contributed by atoms with van der Waals surface area (Å²) in [7, 11) is 0. The van der Waals surface area contributed by atoms with Gasteiger partial charge in [-0.25, -0.2) is 19.2 Å². The van der Waals surface area contributed by atoms with Crippen molar-refractivity contribution >= 4 is 11.9 Å². The summed E-state index contributed by atoms with van der Waals surface area (Å²) in [6, 6.07) is 8.77. The van der Waals surface area contributed by atoms with Crippen LogP contribution in [-0.4, -0.2) is 70.3 Å². The highest BCUT2D eigenvalue weighted by Crippen LogP contribution is 2.46. The van der Waals surface area contributed by atoms with E-state index in [-0.39, 0.29) is 18.0 Å². The minimum atomic E-state index is -0.466. The molecule has 10 heteroatoms. The van der Waals surface area contributed by atoms with E-state index in [0.717, 1.165) is 94.2 Å². The molecule has 0 atom stereocenters. The van der Waals surface area contributed by atoms with Gasteiger partial charge in [0.1, 0.15) is 23.5 Å². The predicted octanol–water partition coefficient (Wildman–Crippen LogP) is 7.33. The van der Waals surface area contributed by atoms with Crippen molar-refractivity contribution in [2.75, 3.05) is 37.6 Å². The quantitative estimate of drug-likeness (QED) is 0.249. The molecule has 1 aromatic carbocycles. The van der Waals surface area contributed by atoms with E-state index < -0.39 is 5.60 Å². The molecule has 9 nitrogen and oxygen atoms in total. The molecule has 3 aliphatic rings. The van der Waals surface area contributed by atoms with Crippen molar-refractivity contribution < 1.29 is 18.7 Å². The number of rotatable bonds is 10. The van der Waals surface area contributed by atoms with Gasteiger partial charge < -0.3 is 19.7 Å².